The Balaban J connectivity index is 2.65. The number of hydrogen-bond acceptors (Lipinski definition) is 5. The summed E-state index contributed by atoms with van der Waals surface area (Å²) in [5.41, 5.74) is 1.83. The molecule has 0 saturated carbocycles. The summed E-state index contributed by atoms with van der Waals surface area (Å²) >= 11 is 0. The van der Waals surface area contributed by atoms with E-state index in [0.29, 0.717) is 13.0 Å². The Labute approximate surface area is 95.9 Å². The van der Waals surface area contributed by atoms with Gasteiger partial charge in [0.25, 0.3) is 0 Å². The summed E-state index contributed by atoms with van der Waals surface area (Å²) in [5, 5.41) is 12.1. The number of aliphatic hydroxyl groups excluding tert-OH is 1. The van der Waals surface area contributed by atoms with Crippen LogP contribution in [0.4, 0.5) is 5.82 Å². The molecule has 16 heavy (non-hydrogen) atoms. The van der Waals surface area contributed by atoms with Crippen LogP contribution >= 0.6 is 0 Å². The van der Waals surface area contributed by atoms with Crippen LogP contribution < -0.4 is 5.32 Å². The van der Waals surface area contributed by atoms with Gasteiger partial charge in [-0.25, -0.2) is 4.98 Å². The number of nitrogens with zero attached hydrogens (tertiary/aromatic N) is 2. The maximum atomic E-state index is 8.91. The second kappa shape index (κ2) is 6.40. The molecule has 1 unspecified atom stereocenters. The minimum Gasteiger partial charge on any atom is -0.396 e. The van der Waals surface area contributed by atoms with Crippen molar-refractivity contribution in [2.45, 2.75) is 26.3 Å². The van der Waals surface area contributed by atoms with E-state index in [4.69, 9.17) is 9.84 Å². The number of aromatic nitrogens is 2. The van der Waals surface area contributed by atoms with Gasteiger partial charge in [-0.3, -0.25) is 4.98 Å². The number of rotatable bonds is 6. The number of aryl methyl sites for hydroxylation is 2. The van der Waals surface area contributed by atoms with Crippen molar-refractivity contribution >= 4 is 5.82 Å². The van der Waals surface area contributed by atoms with Gasteiger partial charge in [-0.1, -0.05) is 0 Å². The van der Waals surface area contributed by atoms with Gasteiger partial charge in [0.15, 0.2) is 0 Å². The highest BCUT2D eigenvalue weighted by atomic mass is 16.5. The van der Waals surface area contributed by atoms with Crippen LogP contribution in [0.5, 0.6) is 0 Å². The number of anilines is 1. The molecule has 1 rings (SSSR count). The molecule has 0 aliphatic carbocycles. The summed E-state index contributed by atoms with van der Waals surface area (Å²) in [6.45, 7) is 4.51. The molecule has 90 valence electrons. The topological polar surface area (TPSA) is 67.3 Å². The highest BCUT2D eigenvalue weighted by Gasteiger charge is 2.09. The molecule has 5 nitrogen and oxygen atoms in total. The van der Waals surface area contributed by atoms with Crippen molar-refractivity contribution in [2.75, 3.05) is 25.6 Å². The highest BCUT2D eigenvalue weighted by molar-refractivity contribution is 5.34. The van der Waals surface area contributed by atoms with Crippen molar-refractivity contribution in [3.63, 3.8) is 0 Å². The van der Waals surface area contributed by atoms with E-state index in [9.17, 15) is 0 Å². The maximum absolute atomic E-state index is 8.91. The molecule has 2 N–H and O–H groups in total. The first kappa shape index (κ1) is 12.9. The van der Waals surface area contributed by atoms with Crippen molar-refractivity contribution in [3.05, 3.63) is 17.6 Å². The minimum atomic E-state index is 0.0615. The van der Waals surface area contributed by atoms with Gasteiger partial charge in [0.05, 0.1) is 30.2 Å². The lowest BCUT2D eigenvalue weighted by atomic mass is 10.2. The molecule has 0 aliphatic rings. The second-order valence-corrected chi connectivity index (χ2v) is 3.73. The number of methoxy groups -OCH3 is 1. The van der Waals surface area contributed by atoms with Crippen LogP contribution in [0.2, 0.25) is 0 Å². The van der Waals surface area contributed by atoms with Crippen LogP contribution in [0.15, 0.2) is 6.20 Å². The molecule has 1 heterocycles. The smallest absolute Gasteiger partial charge is 0.145 e. The Kier molecular flexibility index (Phi) is 5.14. The van der Waals surface area contributed by atoms with Crippen LogP contribution in [-0.4, -0.2) is 41.4 Å². The molecule has 0 fully saturated rings. The van der Waals surface area contributed by atoms with Crippen LogP contribution in [0.3, 0.4) is 0 Å². The summed E-state index contributed by atoms with van der Waals surface area (Å²) in [6, 6.07) is 0.0615. The summed E-state index contributed by atoms with van der Waals surface area (Å²) in [6.07, 6.45) is 2.32. The normalized spacial score (nSPS) is 12.5. The van der Waals surface area contributed by atoms with Crippen molar-refractivity contribution in [2.24, 2.45) is 0 Å². The molecule has 0 radical (unpaired) electrons. The second-order valence-electron chi connectivity index (χ2n) is 3.73. The third kappa shape index (κ3) is 3.75. The van der Waals surface area contributed by atoms with Gasteiger partial charge < -0.3 is 15.2 Å². The fraction of sp³-hybridized carbons (Fsp3) is 0.636. The van der Waals surface area contributed by atoms with Crippen LogP contribution in [0.25, 0.3) is 0 Å². The third-order valence-electron chi connectivity index (χ3n) is 2.39. The molecular formula is C11H19N3O2. The van der Waals surface area contributed by atoms with Gasteiger partial charge in [-0.2, -0.15) is 0 Å². The molecule has 0 aromatic carbocycles. The van der Waals surface area contributed by atoms with Crippen molar-refractivity contribution in [3.8, 4) is 0 Å². The van der Waals surface area contributed by atoms with Gasteiger partial charge in [0.1, 0.15) is 5.82 Å². The van der Waals surface area contributed by atoms with Gasteiger partial charge in [-0.15, -0.1) is 0 Å². The number of hydrogen-bond donors (Lipinski definition) is 2. The average molecular weight is 225 g/mol. The van der Waals surface area contributed by atoms with Gasteiger partial charge in [0, 0.05) is 13.7 Å². The zero-order chi connectivity index (χ0) is 12.0. The van der Waals surface area contributed by atoms with Crippen LogP contribution in [0.1, 0.15) is 17.8 Å². The number of ether oxygens (including phenoxy) is 1. The first-order chi connectivity index (χ1) is 7.67. The minimum absolute atomic E-state index is 0.0615. The summed E-state index contributed by atoms with van der Waals surface area (Å²) in [4.78, 5) is 8.59. The molecule has 1 aromatic rings. The highest BCUT2D eigenvalue weighted by Crippen LogP contribution is 2.08. The Morgan fingerprint density at radius 3 is 2.75 bits per heavy atom. The zero-order valence-corrected chi connectivity index (χ0v) is 10.0. The van der Waals surface area contributed by atoms with E-state index in [0.717, 1.165) is 17.2 Å². The van der Waals surface area contributed by atoms with E-state index in [1.807, 2.05) is 13.8 Å². The Morgan fingerprint density at radius 2 is 2.19 bits per heavy atom. The lowest BCUT2D eigenvalue weighted by molar-refractivity contribution is 0.170. The van der Waals surface area contributed by atoms with Crippen molar-refractivity contribution in [1.82, 2.24) is 9.97 Å². The van der Waals surface area contributed by atoms with E-state index in [-0.39, 0.29) is 12.6 Å². The van der Waals surface area contributed by atoms with E-state index in [2.05, 4.69) is 15.3 Å². The van der Waals surface area contributed by atoms with E-state index in [1.54, 1.807) is 13.3 Å². The molecule has 0 saturated heterocycles. The predicted octanol–water partition coefficient (Wildman–Crippen LogP) is 0.903. The maximum Gasteiger partial charge on any atom is 0.145 e. The first-order valence-electron chi connectivity index (χ1n) is 5.34. The molecule has 0 spiro atoms. The summed E-state index contributed by atoms with van der Waals surface area (Å²) in [7, 11) is 1.64. The largest absolute Gasteiger partial charge is 0.396 e. The zero-order valence-electron chi connectivity index (χ0n) is 10.0. The van der Waals surface area contributed by atoms with Gasteiger partial charge in [0.2, 0.25) is 0 Å². The Morgan fingerprint density at radius 1 is 1.44 bits per heavy atom. The molecule has 1 aromatic heterocycles. The van der Waals surface area contributed by atoms with E-state index >= 15 is 0 Å². The molecule has 0 amide bonds. The Bertz CT molecular complexity index is 325. The third-order valence-corrected chi connectivity index (χ3v) is 2.39. The standard InChI is InChI=1S/C11H19N3O2/c1-8-9(2)13-11(6-12-8)14-10(4-5-15)7-16-3/h6,10,15H,4-5,7H2,1-3H3,(H,13,14). The molecule has 5 heteroatoms. The molecule has 1 atom stereocenters. The summed E-state index contributed by atoms with van der Waals surface area (Å²) < 4.78 is 5.06. The summed E-state index contributed by atoms with van der Waals surface area (Å²) in [5.74, 6) is 0.721. The van der Waals surface area contributed by atoms with Crippen molar-refractivity contribution < 1.29 is 9.84 Å². The Hall–Kier alpha value is -1.20. The van der Waals surface area contributed by atoms with Crippen LogP contribution in [-0.2, 0) is 4.74 Å². The quantitative estimate of drug-likeness (QED) is 0.753. The van der Waals surface area contributed by atoms with Crippen molar-refractivity contribution in [1.29, 1.82) is 0 Å². The molecule has 0 bridgehead atoms. The fourth-order valence-corrected chi connectivity index (χ4v) is 1.37. The fourth-order valence-electron chi connectivity index (χ4n) is 1.37. The molecule has 0 aliphatic heterocycles. The number of aliphatic hydroxyl groups is 1. The number of nitrogens with one attached hydrogen (secondary N) is 1. The lowest BCUT2D eigenvalue weighted by Gasteiger charge is -2.17. The predicted molar refractivity (Wildman–Crippen MR) is 62.5 cm³/mol. The van der Waals surface area contributed by atoms with Crippen LogP contribution in [0, 0.1) is 13.8 Å². The van der Waals surface area contributed by atoms with E-state index in [1.165, 1.54) is 0 Å². The SMILES string of the molecule is COCC(CCO)Nc1cnc(C)c(C)n1. The first-order valence-corrected chi connectivity index (χ1v) is 5.34. The lowest BCUT2D eigenvalue weighted by Crippen LogP contribution is -2.26. The van der Waals surface area contributed by atoms with Gasteiger partial charge >= 0.3 is 0 Å². The van der Waals surface area contributed by atoms with Gasteiger partial charge in [-0.05, 0) is 20.3 Å². The average Bonchev–Trinajstić information content (AvgIpc) is 2.24. The monoisotopic (exact) mass is 225 g/mol. The van der Waals surface area contributed by atoms with E-state index < -0.39 is 0 Å². The molecular weight excluding hydrogens is 206 g/mol.